The van der Waals surface area contributed by atoms with Crippen LogP contribution in [0, 0.1) is 6.92 Å². The number of amides is 1. The summed E-state index contributed by atoms with van der Waals surface area (Å²) in [5.41, 5.74) is 1.25. The molecule has 0 bridgehead atoms. The molecule has 2 aliphatic rings. The van der Waals surface area contributed by atoms with Crippen LogP contribution in [0.3, 0.4) is 0 Å². The van der Waals surface area contributed by atoms with Gasteiger partial charge in [0.05, 0.1) is 0 Å². The van der Waals surface area contributed by atoms with E-state index >= 15 is 0 Å². The number of hydrogen-bond donors (Lipinski definition) is 1. The molecule has 7 heteroatoms. The minimum atomic E-state index is -0.338. The molecule has 22 heavy (non-hydrogen) atoms. The second-order valence-corrected chi connectivity index (χ2v) is 6.82. The van der Waals surface area contributed by atoms with Gasteiger partial charge >= 0.3 is 0 Å². The van der Waals surface area contributed by atoms with E-state index in [0.29, 0.717) is 6.04 Å². The summed E-state index contributed by atoms with van der Waals surface area (Å²) in [5, 5.41) is 15.8. The first-order chi connectivity index (χ1) is 10.7. The third kappa shape index (κ3) is 2.55. The molecular formula is C15H19N5OS. The molecule has 2 aromatic heterocycles. The minimum absolute atomic E-state index is 0.0612. The van der Waals surface area contributed by atoms with E-state index < -0.39 is 0 Å². The quantitative estimate of drug-likeness (QED) is 0.928. The Morgan fingerprint density at radius 3 is 3.00 bits per heavy atom. The van der Waals surface area contributed by atoms with Gasteiger partial charge in [0.25, 0.3) is 0 Å². The lowest BCUT2D eigenvalue weighted by atomic mass is 10.1. The van der Waals surface area contributed by atoms with Crippen LogP contribution in [0.25, 0.3) is 0 Å². The van der Waals surface area contributed by atoms with Crippen molar-refractivity contribution in [1.82, 2.24) is 25.0 Å². The molecular weight excluding hydrogens is 298 g/mol. The van der Waals surface area contributed by atoms with Gasteiger partial charge in [-0.15, -0.1) is 10.2 Å². The third-order valence-electron chi connectivity index (χ3n) is 4.32. The summed E-state index contributed by atoms with van der Waals surface area (Å²) in [5.74, 6) is 1.72. The van der Waals surface area contributed by atoms with Crippen molar-refractivity contribution in [3.05, 3.63) is 34.0 Å². The van der Waals surface area contributed by atoms with Gasteiger partial charge in [0, 0.05) is 25.7 Å². The normalized spacial score (nSPS) is 21.6. The maximum atomic E-state index is 12.7. The molecule has 0 aromatic carbocycles. The average Bonchev–Trinajstić information content (AvgIpc) is 3.02. The zero-order valence-corrected chi connectivity index (χ0v) is 13.3. The molecule has 1 aliphatic carbocycles. The molecule has 1 N–H and O–H groups in total. The molecule has 1 unspecified atom stereocenters. The Morgan fingerprint density at radius 2 is 2.27 bits per heavy atom. The van der Waals surface area contributed by atoms with Crippen LogP contribution in [0.15, 0.2) is 16.8 Å². The smallest absolute Gasteiger partial charge is 0.245 e. The van der Waals surface area contributed by atoms with Crippen LogP contribution >= 0.6 is 11.3 Å². The summed E-state index contributed by atoms with van der Waals surface area (Å²) in [4.78, 5) is 14.9. The van der Waals surface area contributed by atoms with E-state index in [2.05, 4.69) is 41.8 Å². The Bertz CT molecular complexity index is 676. The zero-order valence-electron chi connectivity index (χ0n) is 12.5. The summed E-state index contributed by atoms with van der Waals surface area (Å²) < 4.78 is 2.07. The van der Waals surface area contributed by atoms with E-state index in [1.54, 1.807) is 11.3 Å². The number of aromatic nitrogens is 3. The monoisotopic (exact) mass is 317 g/mol. The van der Waals surface area contributed by atoms with Crippen LogP contribution in [0.2, 0.25) is 0 Å². The predicted molar refractivity (Wildman–Crippen MR) is 83.4 cm³/mol. The second kappa shape index (κ2) is 5.48. The van der Waals surface area contributed by atoms with Gasteiger partial charge in [0.15, 0.2) is 11.9 Å². The number of hydrogen-bond acceptors (Lipinski definition) is 5. The molecule has 116 valence electrons. The van der Waals surface area contributed by atoms with Gasteiger partial charge < -0.3 is 9.88 Å². The molecule has 1 saturated carbocycles. The maximum Gasteiger partial charge on any atom is 0.245 e. The first kappa shape index (κ1) is 13.9. The number of thiophene rings is 1. The van der Waals surface area contributed by atoms with Gasteiger partial charge in [0.2, 0.25) is 5.91 Å². The molecule has 1 fully saturated rings. The highest BCUT2D eigenvalue weighted by Gasteiger charge is 2.38. The fourth-order valence-corrected chi connectivity index (χ4v) is 3.63. The topological polar surface area (TPSA) is 63.1 Å². The van der Waals surface area contributed by atoms with Crippen molar-refractivity contribution in [1.29, 1.82) is 0 Å². The predicted octanol–water partition coefficient (Wildman–Crippen LogP) is 1.48. The van der Waals surface area contributed by atoms with Crippen molar-refractivity contribution in [2.45, 2.75) is 44.9 Å². The Kier molecular flexibility index (Phi) is 3.46. The van der Waals surface area contributed by atoms with Gasteiger partial charge in [-0.1, -0.05) is 0 Å². The molecule has 2 aromatic rings. The van der Waals surface area contributed by atoms with E-state index in [4.69, 9.17) is 0 Å². The van der Waals surface area contributed by atoms with Crippen LogP contribution in [-0.2, 0) is 17.9 Å². The lowest BCUT2D eigenvalue weighted by molar-refractivity contribution is -0.128. The number of carbonyl (C=O) groups excluding carboxylic acids is 1. The maximum absolute atomic E-state index is 12.7. The fraction of sp³-hybridized carbons (Fsp3) is 0.533. The molecule has 1 amide bonds. The highest BCUT2D eigenvalue weighted by Crippen LogP contribution is 2.29. The van der Waals surface area contributed by atoms with Gasteiger partial charge in [-0.25, -0.2) is 0 Å². The first-order valence-electron chi connectivity index (χ1n) is 7.67. The Morgan fingerprint density at radius 1 is 1.41 bits per heavy atom. The number of nitrogens with zero attached hydrogens (tertiary/aromatic N) is 4. The van der Waals surface area contributed by atoms with E-state index in [9.17, 15) is 4.79 Å². The van der Waals surface area contributed by atoms with Crippen molar-refractivity contribution < 1.29 is 4.79 Å². The number of rotatable bonds is 4. The first-order valence-corrected chi connectivity index (χ1v) is 8.62. The van der Waals surface area contributed by atoms with Gasteiger partial charge in [-0.05, 0) is 42.2 Å². The zero-order chi connectivity index (χ0) is 15.1. The number of nitrogens with one attached hydrogen (secondary N) is 1. The molecule has 4 rings (SSSR count). The molecule has 1 aliphatic heterocycles. The lowest BCUT2D eigenvalue weighted by Crippen LogP contribution is -2.46. The summed E-state index contributed by atoms with van der Waals surface area (Å²) in [6.45, 7) is 4.40. The van der Waals surface area contributed by atoms with Crippen LogP contribution in [0.5, 0.6) is 0 Å². The van der Waals surface area contributed by atoms with Crippen LogP contribution in [0.1, 0.15) is 36.1 Å². The minimum Gasteiger partial charge on any atom is -0.352 e. The highest BCUT2D eigenvalue weighted by molar-refractivity contribution is 7.07. The lowest BCUT2D eigenvalue weighted by Gasteiger charge is -2.34. The molecule has 0 radical (unpaired) electrons. The van der Waals surface area contributed by atoms with E-state index in [0.717, 1.165) is 44.1 Å². The number of fused-ring (bicyclic) bond motifs is 1. The molecule has 0 spiro atoms. The van der Waals surface area contributed by atoms with Crippen molar-refractivity contribution >= 4 is 17.2 Å². The van der Waals surface area contributed by atoms with Crippen LogP contribution < -0.4 is 5.32 Å². The van der Waals surface area contributed by atoms with E-state index in [1.807, 2.05) is 6.92 Å². The number of aryl methyl sites for hydroxylation is 1. The largest absolute Gasteiger partial charge is 0.352 e. The average molecular weight is 317 g/mol. The van der Waals surface area contributed by atoms with E-state index in [1.165, 1.54) is 5.56 Å². The molecule has 6 nitrogen and oxygen atoms in total. The standard InChI is InChI=1S/C15H19N5OS/c1-10-17-18-14-13(15(21)16-12-2-3-12)19(5-6-20(10)14)8-11-4-7-22-9-11/h4,7,9,12-13H,2-3,5-6,8H2,1H3,(H,16,21). The summed E-state index contributed by atoms with van der Waals surface area (Å²) in [6.07, 6.45) is 2.18. The Labute approximate surface area is 133 Å². The molecule has 3 heterocycles. The van der Waals surface area contributed by atoms with Crippen LogP contribution in [0.4, 0.5) is 0 Å². The van der Waals surface area contributed by atoms with Gasteiger partial charge in [-0.3, -0.25) is 9.69 Å². The summed E-state index contributed by atoms with van der Waals surface area (Å²) >= 11 is 1.69. The van der Waals surface area contributed by atoms with Crippen molar-refractivity contribution in [3.8, 4) is 0 Å². The summed E-state index contributed by atoms with van der Waals surface area (Å²) in [6, 6.07) is 2.14. The second-order valence-electron chi connectivity index (χ2n) is 6.04. The van der Waals surface area contributed by atoms with Crippen molar-refractivity contribution in [2.75, 3.05) is 6.54 Å². The molecule has 0 saturated heterocycles. The highest BCUT2D eigenvalue weighted by atomic mass is 32.1. The van der Waals surface area contributed by atoms with Gasteiger partial charge in [0.1, 0.15) is 5.82 Å². The van der Waals surface area contributed by atoms with E-state index in [-0.39, 0.29) is 11.9 Å². The third-order valence-corrected chi connectivity index (χ3v) is 5.05. The van der Waals surface area contributed by atoms with Gasteiger partial charge in [-0.2, -0.15) is 11.3 Å². The summed E-state index contributed by atoms with van der Waals surface area (Å²) in [7, 11) is 0. The molecule has 1 atom stereocenters. The Balaban J connectivity index is 1.63. The Hall–Kier alpha value is -1.73. The van der Waals surface area contributed by atoms with Crippen LogP contribution in [-0.4, -0.2) is 38.2 Å². The van der Waals surface area contributed by atoms with Crippen molar-refractivity contribution in [3.63, 3.8) is 0 Å². The van der Waals surface area contributed by atoms with Crippen molar-refractivity contribution in [2.24, 2.45) is 0 Å². The number of carbonyl (C=O) groups is 1. The SMILES string of the molecule is Cc1nnc2n1CCN(Cc1ccsc1)C2C(=O)NC1CC1. The fourth-order valence-electron chi connectivity index (χ4n) is 2.98.